The fourth-order valence-corrected chi connectivity index (χ4v) is 3.44. The number of carbonyl (C=O) groups is 2. The number of amides is 2. The fourth-order valence-electron chi connectivity index (χ4n) is 3.44. The van der Waals surface area contributed by atoms with E-state index in [0.29, 0.717) is 23.5 Å². The van der Waals surface area contributed by atoms with E-state index in [2.05, 4.69) is 21.0 Å². The van der Waals surface area contributed by atoms with Gasteiger partial charge in [-0.3, -0.25) is 14.3 Å². The summed E-state index contributed by atoms with van der Waals surface area (Å²) in [6, 6.07) is 8.67. The van der Waals surface area contributed by atoms with E-state index in [1.165, 1.54) is 12.5 Å². The van der Waals surface area contributed by atoms with E-state index in [1.807, 2.05) is 19.4 Å². The Bertz CT molecular complexity index is 979. The first-order chi connectivity index (χ1) is 13.6. The number of hydrogen-bond acceptors (Lipinski definition) is 5. The SMILES string of the molecule is Cn1cc([C@H]2CNC[C@@H]2C(=O)Nc2cccc(NC(=O)c3ccoc3)c2)cn1. The zero-order valence-corrected chi connectivity index (χ0v) is 15.4. The van der Waals surface area contributed by atoms with Crippen molar-refractivity contribution in [2.75, 3.05) is 23.7 Å². The van der Waals surface area contributed by atoms with Crippen LogP contribution in [0.1, 0.15) is 21.8 Å². The number of carbonyl (C=O) groups excluding carboxylic acids is 2. The van der Waals surface area contributed by atoms with E-state index in [4.69, 9.17) is 4.42 Å². The van der Waals surface area contributed by atoms with Crippen molar-refractivity contribution in [1.29, 1.82) is 0 Å². The molecule has 2 aromatic heterocycles. The molecule has 8 heteroatoms. The first-order valence-corrected chi connectivity index (χ1v) is 9.04. The van der Waals surface area contributed by atoms with E-state index in [0.717, 1.165) is 12.1 Å². The van der Waals surface area contributed by atoms with Gasteiger partial charge in [0, 0.05) is 43.6 Å². The van der Waals surface area contributed by atoms with E-state index in [1.54, 1.807) is 35.0 Å². The third kappa shape index (κ3) is 3.81. The molecule has 0 unspecified atom stereocenters. The highest BCUT2D eigenvalue weighted by atomic mass is 16.3. The summed E-state index contributed by atoms with van der Waals surface area (Å²) < 4.78 is 6.67. The second-order valence-corrected chi connectivity index (χ2v) is 6.85. The highest BCUT2D eigenvalue weighted by Gasteiger charge is 2.34. The van der Waals surface area contributed by atoms with Gasteiger partial charge in [0.15, 0.2) is 0 Å². The first-order valence-electron chi connectivity index (χ1n) is 9.04. The predicted octanol–water partition coefficient (Wildman–Crippen LogP) is 2.21. The molecule has 0 spiro atoms. The third-order valence-corrected chi connectivity index (χ3v) is 4.88. The molecule has 1 aliphatic rings. The summed E-state index contributed by atoms with van der Waals surface area (Å²) in [7, 11) is 1.87. The van der Waals surface area contributed by atoms with Crippen molar-refractivity contribution in [1.82, 2.24) is 15.1 Å². The van der Waals surface area contributed by atoms with Crippen molar-refractivity contribution >= 4 is 23.2 Å². The van der Waals surface area contributed by atoms with Crippen LogP contribution in [-0.4, -0.2) is 34.7 Å². The Labute approximate surface area is 161 Å². The Morgan fingerprint density at radius 3 is 2.75 bits per heavy atom. The first kappa shape index (κ1) is 18.0. The van der Waals surface area contributed by atoms with Gasteiger partial charge in [0.2, 0.25) is 5.91 Å². The van der Waals surface area contributed by atoms with Crippen LogP contribution in [0.4, 0.5) is 11.4 Å². The fraction of sp³-hybridized carbons (Fsp3) is 0.250. The van der Waals surface area contributed by atoms with Gasteiger partial charge in [-0.2, -0.15) is 5.10 Å². The van der Waals surface area contributed by atoms with Crippen LogP contribution in [0.25, 0.3) is 0 Å². The summed E-state index contributed by atoms with van der Waals surface area (Å²) in [4.78, 5) is 25.0. The average molecular weight is 379 g/mol. The lowest BCUT2D eigenvalue weighted by Gasteiger charge is -2.17. The molecule has 0 bridgehead atoms. The van der Waals surface area contributed by atoms with Crippen molar-refractivity contribution < 1.29 is 14.0 Å². The standard InChI is InChI=1S/C20H21N5O3/c1-25-11-14(8-22-25)17-9-21-10-18(17)20(27)24-16-4-2-3-15(7-16)23-19(26)13-5-6-28-12-13/h2-8,11-12,17-18,21H,9-10H2,1H3,(H,23,26)(H,24,27)/t17-,18+/m1/s1. The summed E-state index contributed by atoms with van der Waals surface area (Å²) in [5.41, 5.74) is 2.71. The number of aryl methyl sites for hydroxylation is 1. The molecule has 4 rings (SSSR count). The topological polar surface area (TPSA) is 101 Å². The van der Waals surface area contributed by atoms with E-state index < -0.39 is 0 Å². The minimum absolute atomic E-state index is 0.0582. The van der Waals surface area contributed by atoms with Crippen LogP contribution in [-0.2, 0) is 11.8 Å². The number of benzene rings is 1. The molecule has 1 saturated heterocycles. The van der Waals surface area contributed by atoms with Crippen LogP contribution in [0.3, 0.4) is 0 Å². The number of nitrogens with one attached hydrogen (secondary N) is 3. The number of hydrogen-bond donors (Lipinski definition) is 3. The van der Waals surface area contributed by atoms with Gasteiger partial charge in [0.25, 0.3) is 5.91 Å². The van der Waals surface area contributed by atoms with Crippen molar-refractivity contribution in [3.63, 3.8) is 0 Å². The van der Waals surface area contributed by atoms with Gasteiger partial charge in [-0.1, -0.05) is 6.07 Å². The third-order valence-electron chi connectivity index (χ3n) is 4.88. The molecule has 2 atom stereocenters. The Morgan fingerprint density at radius 2 is 2.04 bits per heavy atom. The van der Waals surface area contributed by atoms with Crippen LogP contribution < -0.4 is 16.0 Å². The number of anilines is 2. The molecule has 1 aliphatic heterocycles. The molecule has 0 saturated carbocycles. The molecule has 0 radical (unpaired) electrons. The van der Waals surface area contributed by atoms with Gasteiger partial charge in [0.05, 0.1) is 23.9 Å². The predicted molar refractivity (Wildman–Crippen MR) is 104 cm³/mol. The van der Waals surface area contributed by atoms with Crippen LogP contribution in [0.15, 0.2) is 59.7 Å². The van der Waals surface area contributed by atoms with Crippen molar-refractivity contribution in [3.05, 3.63) is 66.4 Å². The molecule has 1 aromatic carbocycles. The zero-order chi connectivity index (χ0) is 19.5. The quantitative estimate of drug-likeness (QED) is 0.631. The molecule has 144 valence electrons. The minimum atomic E-state index is -0.270. The van der Waals surface area contributed by atoms with E-state index in [9.17, 15) is 9.59 Å². The number of furan rings is 1. The van der Waals surface area contributed by atoms with Crippen LogP contribution >= 0.6 is 0 Å². The number of aromatic nitrogens is 2. The van der Waals surface area contributed by atoms with Gasteiger partial charge in [-0.15, -0.1) is 0 Å². The maximum Gasteiger partial charge on any atom is 0.258 e. The van der Waals surface area contributed by atoms with E-state index >= 15 is 0 Å². The van der Waals surface area contributed by atoms with Gasteiger partial charge < -0.3 is 20.4 Å². The Hall–Kier alpha value is -3.39. The Morgan fingerprint density at radius 1 is 1.21 bits per heavy atom. The summed E-state index contributed by atoms with van der Waals surface area (Å²) in [6.07, 6.45) is 6.58. The summed E-state index contributed by atoms with van der Waals surface area (Å²) in [5.74, 6) is -0.433. The minimum Gasteiger partial charge on any atom is -0.472 e. The Balaban J connectivity index is 1.43. The van der Waals surface area contributed by atoms with Gasteiger partial charge in [0.1, 0.15) is 6.26 Å². The second kappa shape index (κ2) is 7.69. The number of rotatable bonds is 5. The maximum atomic E-state index is 12.8. The zero-order valence-electron chi connectivity index (χ0n) is 15.4. The Kier molecular flexibility index (Phi) is 4.94. The second-order valence-electron chi connectivity index (χ2n) is 6.85. The molecule has 2 amide bonds. The molecule has 8 nitrogen and oxygen atoms in total. The van der Waals surface area contributed by atoms with Crippen molar-refractivity contribution in [3.8, 4) is 0 Å². The van der Waals surface area contributed by atoms with Crippen molar-refractivity contribution in [2.45, 2.75) is 5.92 Å². The highest BCUT2D eigenvalue weighted by Crippen LogP contribution is 2.29. The average Bonchev–Trinajstić information content (AvgIpc) is 3.43. The normalized spacial score (nSPS) is 18.8. The van der Waals surface area contributed by atoms with E-state index in [-0.39, 0.29) is 23.7 Å². The monoisotopic (exact) mass is 379 g/mol. The molecular weight excluding hydrogens is 358 g/mol. The molecular formula is C20H21N5O3. The lowest BCUT2D eigenvalue weighted by atomic mass is 9.90. The summed E-state index contributed by atoms with van der Waals surface area (Å²) in [5, 5.41) is 13.2. The smallest absolute Gasteiger partial charge is 0.258 e. The van der Waals surface area contributed by atoms with Gasteiger partial charge in [-0.25, -0.2) is 0 Å². The van der Waals surface area contributed by atoms with Crippen molar-refractivity contribution in [2.24, 2.45) is 13.0 Å². The molecule has 0 aliphatic carbocycles. The lowest BCUT2D eigenvalue weighted by molar-refractivity contribution is -0.119. The summed E-state index contributed by atoms with van der Waals surface area (Å²) >= 11 is 0. The van der Waals surface area contributed by atoms with Gasteiger partial charge >= 0.3 is 0 Å². The molecule has 3 aromatic rings. The summed E-state index contributed by atoms with van der Waals surface area (Å²) in [6.45, 7) is 1.35. The van der Waals surface area contributed by atoms with Crippen LogP contribution in [0, 0.1) is 5.92 Å². The largest absolute Gasteiger partial charge is 0.472 e. The molecule has 28 heavy (non-hydrogen) atoms. The number of nitrogens with zero attached hydrogens (tertiary/aromatic N) is 2. The lowest BCUT2D eigenvalue weighted by Crippen LogP contribution is -2.28. The van der Waals surface area contributed by atoms with Gasteiger partial charge in [-0.05, 0) is 29.8 Å². The maximum absolute atomic E-state index is 12.8. The highest BCUT2D eigenvalue weighted by molar-refractivity contribution is 6.04. The molecule has 3 N–H and O–H groups in total. The molecule has 3 heterocycles. The van der Waals surface area contributed by atoms with Crippen LogP contribution in [0.5, 0.6) is 0 Å². The van der Waals surface area contributed by atoms with Crippen LogP contribution in [0.2, 0.25) is 0 Å². The molecule has 1 fully saturated rings.